The summed E-state index contributed by atoms with van der Waals surface area (Å²) in [4.78, 5) is 13.7. The van der Waals surface area contributed by atoms with Gasteiger partial charge in [0.25, 0.3) is 0 Å². The minimum atomic E-state index is 0.0645. The fourth-order valence-corrected chi connectivity index (χ4v) is 2.17. The zero-order chi connectivity index (χ0) is 12.3. The van der Waals surface area contributed by atoms with Crippen molar-refractivity contribution in [2.24, 2.45) is 0 Å². The van der Waals surface area contributed by atoms with Gasteiger partial charge in [-0.05, 0) is 18.9 Å². The molecule has 1 aromatic carbocycles. The van der Waals surface area contributed by atoms with Gasteiger partial charge in [-0.15, -0.1) is 0 Å². The average Bonchev–Trinajstić information content (AvgIpc) is 2.69. The molecule has 92 valence electrons. The van der Waals surface area contributed by atoms with E-state index in [1.54, 1.807) is 0 Å². The average molecular weight is 232 g/mol. The molecule has 3 nitrogen and oxygen atoms in total. The Balaban J connectivity index is 2.13. The molecule has 0 bridgehead atoms. The summed E-state index contributed by atoms with van der Waals surface area (Å²) in [6, 6.07) is 8.39. The number of hydrogen-bond acceptors (Lipinski definition) is 2. The van der Waals surface area contributed by atoms with Crippen molar-refractivity contribution in [1.29, 1.82) is 0 Å². The molecule has 1 aromatic rings. The largest absolute Gasteiger partial charge is 0.322 e. The highest BCUT2D eigenvalue weighted by atomic mass is 16.2. The van der Waals surface area contributed by atoms with E-state index in [4.69, 9.17) is 0 Å². The van der Waals surface area contributed by atoms with Gasteiger partial charge in [0.1, 0.15) is 6.17 Å². The Hall–Kier alpha value is -1.35. The molecule has 1 heterocycles. The standard InChI is InChI=1S/C14H20N2O/c1-3-4-9-16-13(17)10-15-14(16)12-7-5-11(2)6-8-12/h5-8,14-15H,3-4,9-10H2,1-2H3. The van der Waals surface area contributed by atoms with Gasteiger partial charge in [-0.2, -0.15) is 0 Å². The number of nitrogens with one attached hydrogen (secondary N) is 1. The molecule has 1 N–H and O–H groups in total. The molecule has 0 saturated carbocycles. The van der Waals surface area contributed by atoms with Crippen molar-refractivity contribution in [2.75, 3.05) is 13.1 Å². The summed E-state index contributed by atoms with van der Waals surface area (Å²) in [5.41, 5.74) is 2.43. The Morgan fingerprint density at radius 2 is 2.06 bits per heavy atom. The van der Waals surface area contributed by atoms with Crippen molar-refractivity contribution in [3.63, 3.8) is 0 Å². The van der Waals surface area contributed by atoms with Crippen LogP contribution in [0.1, 0.15) is 37.1 Å². The van der Waals surface area contributed by atoms with Crippen LogP contribution in [0.4, 0.5) is 0 Å². The van der Waals surface area contributed by atoms with Crippen LogP contribution in [0, 0.1) is 6.92 Å². The molecule has 1 aliphatic rings. The first-order chi connectivity index (χ1) is 8.22. The SMILES string of the molecule is CCCCN1C(=O)CNC1c1ccc(C)cc1. The van der Waals surface area contributed by atoms with E-state index in [0.29, 0.717) is 6.54 Å². The number of benzene rings is 1. The first-order valence-electron chi connectivity index (χ1n) is 6.32. The van der Waals surface area contributed by atoms with Crippen molar-refractivity contribution < 1.29 is 4.79 Å². The minimum Gasteiger partial charge on any atom is -0.322 e. The number of carbonyl (C=O) groups excluding carboxylic acids is 1. The Kier molecular flexibility index (Phi) is 3.79. The van der Waals surface area contributed by atoms with Crippen LogP contribution in [0.25, 0.3) is 0 Å². The van der Waals surface area contributed by atoms with Gasteiger partial charge in [-0.3, -0.25) is 10.1 Å². The molecule has 1 aliphatic heterocycles. The van der Waals surface area contributed by atoms with E-state index >= 15 is 0 Å². The van der Waals surface area contributed by atoms with Crippen molar-refractivity contribution in [2.45, 2.75) is 32.9 Å². The van der Waals surface area contributed by atoms with Crippen LogP contribution in [0.15, 0.2) is 24.3 Å². The van der Waals surface area contributed by atoms with Crippen molar-refractivity contribution >= 4 is 5.91 Å². The van der Waals surface area contributed by atoms with Crippen LogP contribution >= 0.6 is 0 Å². The summed E-state index contributed by atoms with van der Waals surface area (Å²) < 4.78 is 0. The monoisotopic (exact) mass is 232 g/mol. The van der Waals surface area contributed by atoms with Gasteiger partial charge in [0, 0.05) is 6.54 Å². The maximum atomic E-state index is 11.8. The lowest BCUT2D eigenvalue weighted by Crippen LogP contribution is -2.31. The number of aryl methyl sites for hydroxylation is 1. The third kappa shape index (κ3) is 2.67. The quantitative estimate of drug-likeness (QED) is 0.863. The second-order valence-electron chi connectivity index (χ2n) is 4.63. The third-order valence-electron chi connectivity index (χ3n) is 3.22. The summed E-state index contributed by atoms with van der Waals surface area (Å²) in [6.45, 7) is 5.53. The van der Waals surface area contributed by atoms with E-state index < -0.39 is 0 Å². The summed E-state index contributed by atoms with van der Waals surface area (Å²) in [7, 11) is 0. The molecule has 1 unspecified atom stereocenters. The number of amides is 1. The van der Waals surface area contributed by atoms with E-state index in [2.05, 4.69) is 43.4 Å². The first-order valence-corrected chi connectivity index (χ1v) is 6.32. The predicted molar refractivity (Wildman–Crippen MR) is 68.5 cm³/mol. The highest BCUT2D eigenvalue weighted by Crippen LogP contribution is 2.23. The van der Waals surface area contributed by atoms with Gasteiger partial charge in [-0.1, -0.05) is 43.2 Å². The molecule has 1 saturated heterocycles. The summed E-state index contributed by atoms with van der Waals surface area (Å²) in [6.07, 6.45) is 2.25. The van der Waals surface area contributed by atoms with Gasteiger partial charge in [-0.25, -0.2) is 0 Å². The first kappa shape index (κ1) is 12.1. The summed E-state index contributed by atoms with van der Waals surface area (Å²) >= 11 is 0. The normalized spacial score (nSPS) is 20.0. The van der Waals surface area contributed by atoms with Gasteiger partial charge in [0.05, 0.1) is 6.54 Å². The molecular weight excluding hydrogens is 212 g/mol. The van der Waals surface area contributed by atoms with E-state index in [0.717, 1.165) is 19.4 Å². The van der Waals surface area contributed by atoms with Gasteiger partial charge in [0.2, 0.25) is 5.91 Å². The number of rotatable bonds is 4. The van der Waals surface area contributed by atoms with Crippen molar-refractivity contribution in [3.8, 4) is 0 Å². The fraction of sp³-hybridized carbons (Fsp3) is 0.500. The highest BCUT2D eigenvalue weighted by Gasteiger charge is 2.30. The maximum absolute atomic E-state index is 11.8. The number of carbonyl (C=O) groups is 1. The predicted octanol–water partition coefficient (Wildman–Crippen LogP) is 2.23. The topological polar surface area (TPSA) is 32.3 Å². The maximum Gasteiger partial charge on any atom is 0.238 e. The molecule has 0 aromatic heterocycles. The van der Waals surface area contributed by atoms with Crippen molar-refractivity contribution in [3.05, 3.63) is 35.4 Å². The highest BCUT2D eigenvalue weighted by molar-refractivity contribution is 5.80. The number of unbranched alkanes of at least 4 members (excludes halogenated alkanes) is 1. The molecule has 3 heteroatoms. The van der Waals surface area contributed by atoms with Gasteiger partial charge < -0.3 is 4.90 Å². The molecule has 2 rings (SSSR count). The van der Waals surface area contributed by atoms with E-state index in [1.807, 2.05) is 4.90 Å². The Bertz CT molecular complexity index is 386. The molecule has 0 aliphatic carbocycles. The number of hydrogen-bond donors (Lipinski definition) is 1. The van der Waals surface area contributed by atoms with Crippen LogP contribution in [0.3, 0.4) is 0 Å². The minimum absolute atomic E-state index is 0.0645. The summed E-state index contributed by atoms with van der Waals surface area (Å²) in [5.74, 6) is 0.212. The lowest BCUT2D eigenvalue weighted by Gasteiger charge is -2.24. The fourth-order valence-electron chi connectivity index (χ4n) is 2.17. The lowest BCUT2D eigenvalue weighted by molar-refractivity contribution is -0.128. The van der Waals surface area contributed by atoms with Crippen LogP contribution in [0.2, 0.25) is 0 Å². The van der Waals surface area contributed by atoms with E-state index in [1.165, 1.54) is 11.1 Å². The van der Waals surface area contributed by atoms with Crippen LogP contribution in [-0.2, 0) is 4.79 Å². The van der Waals surface area contributed by atoms with Crippen LogP contribution in [0.5, 0.6) is 0 Å². The van der Waals surface area contributed by atoms with E-state index in [9.17, 15) is 4.79 Å². The van der Waals surface area contributed by atoms with Crippen LogP contribution in [-0.4, -0.2) is 23.9 Å². The summed E-state index contributed by atoms with van der Waals surface area (Å²) in [5, 5.41) is 3.28. The van der Waals surface area contributed by atoms with Crippen molar-refractivity contribution in [1.82, 2.24) is 10.2 Å². The molecule has 1 fully saturated rings. The molecule has 1 amide bonds. The molecule has 0 radical (unpaired) electrons. The molecule has 0 spiro atoms. The van der Waals surface area contributed by atoms with Gasteiger partial charge in [0.15, 0.2) is 0 Å². The smallest absolute Gasteiger partial charge is 0.238 e. The molecular formula is C14H20N2O. The Morgan fingerprint density at radius 1 is 1.35 bits per heavy atom. The second-order valence-corrected chi connectivity index (χ2v) is 4.63. The molecule has 1 atom stereocenters. The third-order valence-corrected chi connectivity index (χ3v) is 3.22. The lowest BCUT2D eigenvalue weighted by atomic mass is 10.1. The Labute approximate surface area is 103 Å². The second kappa shape index (κ2) is 5.32. The van der Waals surface area contributed by atoms with E-state index in [-0.39, 0.29) is 12.1 Å². The molecule has 17 heavy (non-hydrogen) atoms. The van der Waals surface area contributed by atoms with Gasteiger partial charge >= 0.3 is 0 Å². The zero-order valence-corrected chi connectivity index (χ0v) is 10.6. The Morgan fingerprint density at radius 3 is 2.71 bits per heavy atom. The zero-order valence-electron chi connectivity index (χ0n) is 10.6. The number of nitrogens with zero attached hydrogens (tertiary/aromatic N) is 1. The van der Waals surface area contributed by atoms with Crippen LogP contribution < -0.4 is 5.32 Å².